The van der Waals surface area contributed by atoms with E-state index in [-0.39, 0.29) is 0 Å². The van der Waals surface area contributed by atoms with Crippen molar-refractivity contribution < 1.29 is 0 Å². The van der Waals surface area contributed by atoms with Crippen LogP contribution in [-0.2, 0) is 6.54 Å². The van der Waals surface area contributed by atoms with Gasteiger partial charge >= 0.3 is 0 Å². The standard InChI is InChI=1S/C21H22N4/c1-3-4-13-25-14-10-17-18(25)9-12-23-21(17)24-19-15(2)7-8-16-6-5-11-22-20(16)19/h5-12,14H,3-4,13H2,1-2H3,(H,23,24). The van der Waals surface area contributed by atoms with Crippen molar-refractivity contribution in [3.05, 3.63) is 60.6 Å². The first-order chi connectivity index (χ1) is 12.3. The molecule has 0 saturated carbocycles. The van der Waals surface area contributed by atoms with Crippen molar-refractivity contribution in [2.24, 2.45) is 0 Å². The zero-order valence-corrected chi connectivity index (χ0v) is 14.7. The van der Waals surface area contributed by atoms with Crippen LogP contribution in [0.3, 0.4) is 0 Å². The highest BCUT2D eigenvalue weighted by Crippen LogP contribution is 2.31. The van der Waals surface area contributed by atoms with Crippen LogP contribution in [0, 0.1) is 6.92 Å². The molecule has 3 heterocycles. The van der Waals surface area contributed by atoms with Gasteiger partial charge in [0.1, 0.15) is 5.82 Å². The third-order valence-electron chi connectivity index (χ3n) is 4.68. The van der Waals surface area contributed by atoms with E-state index < -0.39 is 0 Å². The summed E-state index contributed by atoms with van der Waals surface area (Å²) in [7, 11) is 0. The lowest BCUT2D eigenvalue weighted by Crippen LogP contribution is -1.99. The quantitative estimate of drug-likeness (QED) is 0.530. The number of unbranched alkanes of at least 4 members (excludes halogenated alkanes) is 1. The highest BCUT2D eigenvalue weighted by molar-refractivity contribution is 5.98. The number of aromatic nitrogens is 3. The largest absolute Gasteiger partial charge is 0.347 e. The first-order valence-electron chi connectivity index (χ1n) is 8.83. The van der Waals surface area contributed by atoms with Crippen LogP contribution in [0.4, 0.5) is 11.5 Å². The fraction of sp³-hybridized carbons (Fsp3) is 0.238. The van der Waals surface area contributed by atoms with Gasteiger partial charge in [-0.2, -0.15) is 0 Å². The van der Waals surface area contributed by atoms with Crippen molar-refractivity contribution >= 4 is 33.3 Å². The minimum absolute atomic E-state index is 0.883. The van der Waals surface area contributed by atoms with Crippen molar-refractivity contribution in [1.82, 2.24) is 14.5 Å². The van der Waals surface area contributed by atoms with Gasteiger partial charge in [0.05, 0.1) is 16.7 Å². The van der Waals surface area contributed by atoms with E-state index in [9.17, 15) is 0 Å². The second-order valence-electron chi connectivity index (χ2n) is 6.41. The number of nitrogens with zero attached hydrogens (tertiary/aromatic N) is 3. The van der Waals surface area contributed by atoms with Gasteiger partial charge in [-0.1, -0.05) is 31.5 Å². The van der Waals surface area contributed by atoms with Gasteiger partial charge in [-0.15, -0.1) is 0 Å². The average molecular weight is 330 g/mol. The zero-order chi connectivity index (χ0) is 17.2. The van der Waals surface area contributed by atoms with Gasteiger partial charge in [-0.25, -0.2) is 4.98 Å². The maximum absolute atomic E-state index is 4.59. The number of hydrogen-bond donors (Lipinski definition) is 1. The number of fused-ring (bicyclic) bond motifs is 2. The van der Waals surface area contributed by atoms with Crippen LogP contribution < -0.4 is 5.32 Å². The Labute approximate surface area is 147 Å². The molecule has 0 fully saturated rings. The molecule has 0 bridgehead atoms. The molecule has 1 N–H and O–H groups in total. The number of rotatable bonds is 5. The zero-order valence-electron chi connectivity index (χ0n) is 14.7. The molecule has 1 aromatic carbocycles. The van der Waals surface area contributed by atoms with Crippen molar-refractivity contribution in [2.75, 3.05) is 5.32 Å². The Kier molecular flexibility index (Phi) is 4.10. The van der Waals surface area contributed by atoms with Crippen LogP contribution in [0.15, 0.2) is 55.0 Å². The molecule has 4 nitrogen and oxygen atoms in total. The molecular formula is C21H22N4. The molecule has 126 valence electrons. The van der Waals surface area contributed by atoms with Gasteiger partial charge in [0.2, 0.25) is 0 Å². The molecule has 0 aliphatic heterocycles. The summed E-state index contributed by atoms with van der Waals surface area (Å²) in [6.45, 7) is 5.36. The molecule has 25 heavy (non-hydrogen) atoms. The van der Waals surface area contributed by atoms with Crippen LogP contribution in [0.2, 0.25) is 0 Å². The fourth-order valence-electron chi connectivity index (χ4n) is 3.27. The number of aryl methyl sites for hydroxylation is 2. The third kappa shape index (κ3) is 2.84. The molecule has 4 aromatic rings. The number of hydrogen-bond acceptors (Lipinski definition) is 3. The molecule has 0 unspecified atom stereocenters. The Hall–Kier alpha value is -2.88. The smallest absolute Gasteiger partial charge is 0.139 e. The van der Waals surface area contributed by atoms with Crippen LogP contribution in [0.25, 0.3) is 21.8 Å². The predicted octanol–water partition coefficient (Wildman–Crippen LogP) is 5.44. The van der Waals surface area contributed by atoms with Crippen molar-refractivity contribution in [1.29, 1.82) is 0 Å². The van der Waals surface area contributed by atoms with E-state index in [1.165, 1.54) is 18.4 Å². The van der Waals surface area contributed by atoms with Gasteiger partial charge in [-0.05, 0) is 37.1 Å². The predicted molar refractivity (Wildman–Crippen MR) is 104 cm³/mol. The molecular weight excluding hydrogens is 308 g/mol. The van der Waals surface area contributed by atoms with E-state index in [0.717, 1.165) is 39.9 Å². The Morgan fingerprint density at radius 2 is 1.96 bits per heavy atom. The SMILES string of the molecule is CCCCn1ccc2c(Nc3c(C)ccc4cccnc34)nccc21. The summed E-state index contributed by atoms with van der Waals surface area (Å²) in [4.78, 5) is 9.16. The minimum atomic E-state index is 0.883. The Morgan fingerprint density at radius 1 is 1.04 bits per heavy atom. The van der Waals surface area contributed by atoms with E-state index in [4.69, 9.17) is 0 Å². The third-order valence-corrected chi connectivity index (χ3v) is 4.68. The maximum atomic E-state index is 4.59. The molecule has 4 rings (SSSR count). The molecule has 3 aromatic heterocycles. The monoisotopic (exact) mass is 330 g/mol. The summed E-state index contributed by atoms with van der Waals surface area (Å²) in [6, 6.07) is 12.5. The van der Waals surface area contributed by atoms with E-state index in [2.05, 4.69) is 70.2 Å². The van der Waals surface area contributed by atoms with E-state index >= 15 is 0 Å². The summed E-state index contributed by atoms with van der Waals surface area (Å²) in [6.07, 6.45) is 8.24. The first kappa shape index (κ1) is 15.6. The van der Waals surface area contributed by atoms with Crippen molar-refractivity contribution in [3.8, 4) is 0 Å². The molecule has 0 aliphatic rings. The second kappa shape index (κ2) is 6.55. The minimum Gasteiger partial charge on any atom is -0.347 e. The van der Waals surface area contributed by atoms with Crippen molar-refractivity contribution in [3.63, 3.8) is 0 Å². The summed E-state index contributed by atoms with van der Waals surface area (Å²) in [5.74, 6) is 0.883. The second-order valence-corrected chi connectivity index (χ2v) is 6.41. The summed E-state index contributed by atoms with van der Waals surface area (Å²) in [5, 5.41) is 5.81. The molecule has 0 spiro atoms. The molecule has 0 radical (unpaired) electrons. The number of nitrogens with one attached hydrogen (secondary N) is 1. The van der Waals surface area contributed by atoms with Crippen LogP contribution in [0.1, 0.15) is 25.3 Å². The molecule has 0 saturated heterocycles. The van der Waals surface area contributed by atoms with Gasteiger partial charge in [0, 0.05) is 35.9 Å². The summed E-state index contributed by atoms with van der Waals surface area (Å²) in [5.41, 5.74) is 4.39. The molecule has 0 atom stereocenters. The Bertz CT molecular complexity index is 1030. The topological polar surface area (TPSA) is 42.7 Å². The first-order valence-corrected chi connectivity index (χ1v) is 8.83. The van der Waals surface area contributed by atoms with E-state index in [1.807, 2.05) is 18.5 Å². The lowest BCUT2D eigenvalue weighted by molar-refractivity contribution is 0.650. The Morgan fingerprint density at radius 3 is 2.84 bits per heavy atom. The molecule has 0 aliphatic carbocycles. The van der Waals surface area contributed by atoms with Gasteiger partial charge in [-0.3, -0.25) is 4.98 Å². The fourth-order valence-corrected chi connectivity index (χ4v) is 3.27. The highest BCUT2D eigenvalue weighted by atomic mass is 15.0. The van der Waals surface area contributed by atoms with Gasteiger partial charge < -0.3 is 9.88 Å². The van der Waals surface area contributed by atoms with Gasteiger partial charge in [0.25, 0.3) is 0 Å². The lowest BCUT2D eigenvalue weighted by Gasteiger charge is -2.13. The van der Waals surface area contributed by atoms with Crippen LogP contribution in [0.5, 0.6) is 0 Å². The summed E-state index contributed by atoms with van der Waals surface area (Å²) < 4.78 is 2.31. The number of pyridine rings is 2. The van der Waals surface area contributed by atoms with Crippen LogP contribution in [-0.4, -0.2) is 14.5 Å². The maximum Gasteiger partial charge on any atom is 0.139 e. The van der Waals surface area contributed by atoms with E-state index in [1.54, 1.807) is 0 Å². The Balaban J connectivity index is 1.79. The van der Waals surface area contributed by atoms with Crippen LogP contribution >= 0.6 is 0 Å². The molecule has 0 amide bonds. The highest BCUT2D eigenvalue weighted by Gasteiger charge is 2.11. The van der Waals surface area contributed by atoms with Gasteiger partial charge in [0.15, 0.2) is 0 Å². The number of anilines is 2. The number of benzene rings is 1. The normalized spacial score (nSPS) is 11.3. The van der Waals surface area contributed by atoms with Crippen molar-refractivity contribution in [2.45, 2.75) is 33.2 Å². The molecule has 4 heteroatoms. The lowest BCUT2D eigenvalue weighted by atomic mass is 10.1. The average Bonchev–Trinajstić information content (AvgIpc) is 3.06. The summed E-state index contributed by atoms with van der Waals surface area (Å²) >= 11 is 0. The van der Waals surface area contributed by atoms with E-state index in [0.29, 0.717) is 0 Å².